The minimum atomic E-state index is 0.334. The van der Waals surface area contributed by atoms with Gasteiger partial charge < -0.3 is 0 Å². The third-order valence-electron chi connectivity index (χ3n) is 2.40. The third kappa shape index (κ3) is 1.66. The second kappa shape index (κ2) is 3.98. The molecule has 4 nitrogen and oxygen atoms in total. The molecule has 0 unspecified atom stereocenters. The van der Waals surface area contributed by atoms with Crippen molar-refractivity contribution in [1.82, 2.24) is 19.5 Å². The molecule has 0 aliphatic carbocycles. The number of fused-ring (bicyclic) bond motifs is 1. The van der Waals surface area contributed by atoms with E-state index in [4.69, 9.17) is 23.2 Å². The lowest BCUT2D eigenvalue weighted by Gasteiger charge is -2.05. The molecule has 0 aliphatic heterocycles. The number of para-hydroxylation sites is 1. The van der Waals surface area contributed by atoms with Crippen LogP contribution >= 0.6 is 23.2 Å². The van der Waals surface area contributed by atoms with Gasteiger partial charge in [-0.1, -0.05) is 35.3 Å². The molecule has 0 spiro atoms. The van der Waals surface area contributed by atoms with Crippen LogP contribution in [0.3, 0.4) is 0 Å². The molecule has 1 aromatic carbocycles. The van der Waals surface area contributed by atoms with E-state index >= 15 is 0 Å². The highest BCUT2D eigenvalue weighted by Gasteiger charge is 2.11. The molecule has 2 aromatic heterocycles. The van der Waals surface area contributed by atoms with Crippen LogP contribution in [0.2, 0.25) is 10.2 Å². The molecule has 0 saturated heterocycles. The summed E-state index contributed by atoms with van der Waals surface area (Å²) >= 11 is 12.1. The van der Waals surface area contributed by atoms with Gasteiger partial charge in [-0.15, -0.1) is 0 Å². The number of aromatic nitrogens is 4. The van der Waals surface area contributed by atoms with Gasteiger partial charge in [0.05, 0.1) is 10.7 Å². The number of hydrogen-bond acceptors (Lipinski definition) is 3. The zero-order valence-electron chi connectivity index (χ0n) is 8.51. The Kier molecular flexibility index (Phi) is 2.46. The number of halogens is 2. The maximum atomic E-state index is 6.13. The summed E-state index contributed by atoms with van der Waals surface area (Å²) < 4.78 is 1.78. The van der Waals surface area contributed by atoms with Crippen molar-refractivity contribution < 1.29 is 0 Å². The van der Waals surface area contributed by atoms with Crippen LogP contribution in [-0.4, -0.2) is 19.5 Å². The molecule has 2 heterocycles. The van der Waals surface area contributed by atoms with Crippen molar-refractivity contribution >= 4 is 34.4 Å². The number of nitrogens with zero attached hydrogens (tertiary/aromatic N) is 4. The quantitative estimate of drug-likeness (QED) is 0.635. The molecule has 0 atom stereocenters. The zero-order chi connectivity index (χ0) is 11.8. The van der Waals surface area contributed by atoms with Gasteiger partial charge in [-0.2, -0.15) is 0 Å². The summed E-state index contributed by atoms with van der Waals surface area (Å²) in [6.07, 6.45) is 3.03. The first-order chi connectivity index (χ1) is 8.27. The van der Waals surface area contributed by atoms with Gasteiger partial charge in [0.1, 0.15) is 18.2 Å². The van der Waals surface area contributed by atoms with Gasteiger partial charge in [0.25, 0.3) is 0 Å². The minimum Gasteiger partial charge on any atom is -0.282 e. The molecule has 0 amide bonds. The van der Waals surface area contributed by atoms with Crippen LogP contribution in [-0.2, 0) is 0 Å². The van der Waals surface area contributed by atoms with E-state index < -0.39 is 0 Å². The predicted molar refractivity (Wildman–Crippen MR) is 66.7 cm³/mol. The summed E-state index contributed by atoms with van der Waals surface area (Å²) in [5.74, 6) is 0. The van der Waals surface area contributed by atoms with Gasteiger partial charge in [0, 0.05) is 0 Å². The first kappa shape index (κ1) is 10.5. The molecular weight excluding hydrogens is 259 g/mol. The molecule has 84 valence electrons. The van der Waals surface area contributed by atoms with Crippen molar-refractivity contribution in [3.05, 3.63) is 47.1 Å². The SMILES string of the molecule is Clc1ccccc1-n1cnc2c(Cl)ncnc21. The summed E-state index contributed by atoms with van der Waals surface area (Å²) in [4.78, 5) is 12.2. The first-order valence-electron chi connectivity index (χ1n) is 4.86. The van der Waals surface area contributed by atoms with E-state index in [0.717, 1.165) is 5.69 Å². The smallest absolute Gasteiger partial charge is 0.169 e. The first-order valence-corrected chi connectivity index (χ1v) is 5.61. The summed E-state index contributed by atoms with van der Waals surface area (Å²) in [5, 5.41) is 0.960. The van der Waals surface area contributed by atoms with Gasteiger partial charge in [-0.25, -0.2) is 15.0 Å². The third-order valence-corrected chi connectivity index (χ3v) is 3.00. The van der Waals surface area contributed by atoms with Crippen LogP contribution in [0.4, 0.5) is 0 Å². The summed E-state index contributed by atoms with van der Waals surface area (Å²) in [6, 6.07) is 7.47. The van der Waals surface area contributed by atoms with E-state index in [9.17, 15) is 0 Å². The lowest BCUT2D eigenvalue weighted by molar-refractivity contribution is 1.06. The molecule has 0 N–H and O–H groups in total. The fourth-order valence-corrected chi connectivity index (χ4v) is 2.03. The molecule has 3 aromatic rings. The van der Waals surface area contributed by atoms with Gasteiger partial charge in [0.2, 0.25) is 0 Å². The van der Waals surface area contributed by atoms with Crippen molar-refractivity contribution in [2.45, 2.75) is 0 Å². The fourth-order valence-electron chi connectivity index (χ4n) is 1.63. The monoisotopic (exact) mass is 264 g/mol. The number of hydrogen-bond donors (Lipinski definition) is 0. The Balaban J connectivity index is 2.33. The summed E-state index contributed by atoms with van der Waals surface area (Å²) in [6.45, 7) is 0. The van der Waals surface area contributed by atoms with Gasteiger partial charge >= 0.3 is 0 Å². The Bertz CT molecular complexity index is 693. The molecule has 0 radical (unpaired) electrons. The summed E-state index contributed by atoms with van der Waals surface area (Å²) in [7, 11) is 0. The van der Waals surface area contributed by atoms with Crippen LogP contribution in [0, 0.1) is 0 Å². The Hall–Kier alpha value is -1.65. The van der Waals surface area contributed by atoms with Gasteiger partial charge in [-0.3, -0.25) is 4.57 Å². The molecule has 17 heavy (non-hydrogen) atoms. The van der Waals surface area contributed by atoms with Crippen LogP contribution in [0.5, 0.6) is 0 Å². The van der Waals surface area contributed by atoms with E-state index in [1.54, 1.807) is 10.9 Å². The number of imidazole rings is 1. The second-order valence-electron chi connectivity index (χ2n) is 3.40. The Morgan fingerprint density at radius 2 is 1.82 bits per heavy atom. The lowest BCUT2D eigenvalue weighted by atomic mass is 10.3. The standard InChI is InChI=1S/C11H6Cl2N4/c12-7-3-1-2-4-8(7)17-6-16-9-10(13)14-5-15-11(9)17/h1-6H. The predicted octanol–water partition coefficient (Wildman–Crippen LogP) is 3.12. The molecule has 6 heteroatoms. The lowest BCUT2D eigenvalue weighted by Crippen LogP contribution is -1.95. The maximum Gasteiger partial charge on any atom is 0.169 e. The largest absolute Gasteiger partial charge is 0.282 e. The van der Waals surface area contributed by atoms with Crippen molar-refractivity contribution in [3.8, 4) is 5.69 Å². The van der Waals surface area contributed by atoms with Crippen LogP contribution in [0.1, 0.15) is 0 Å². The molecule has 0 aliphatic rings. The second-order valence-corrected chi connectivity index (χ2v) is 4.17. The average molecular weight is 265 g/mol. The number of rotatable bonds is 1. The van der Waals surface area contributed by atoms with Gasteiger partial charge in [0.15, 0.2) is 10.8 Å². The molecule has 3 rings (SSSR count). The highest BCUT2D eigenvalue weighted by molar-refractivity contribution is 6.33. The normalized spacial score (nSPS) is 10.9. The summed E-state index contributed by atoms with van der Waals surface area (Å²) in [5.41, 5.74) is 2.01. The van der Waals surface area contributed by atoms with Gasteiger partial charge in [-0.05, 0) is 12.1 Å². The van der Waals surface area contributed by atoms with E-state index in [1.807, 2.05) is 24.3 Å². The van der Waals surface area contributed by atoms with Crippen molar-refractivity contribution in [2.24, 2.45) is 0 Å². The molecule has 0 saturated carbocycles. The van der Waals surface area contributed by atoms with E-state index in [-0.39, 0.29) is 0 Å². The molecule has 0 bridgehead atoms. The van der Waals surface area contributed by atoms with Crippen molar-refractivity contribution in [2.75, 3.05) is 0 Å². The maximum absolute atomic E-state index is 6.13. The average Bonchev–Trinajstić information content (AvgIpc) is 2.75. The molecule has 0 fully saturated rings. The van der Waals surface area contributed by atoms with Crippen LogP contribution < -0.4 is 0 Å². The van der Waals surface area contributed by atoms with E-state index in [0.29, 0.717) is 21.3 Å². The Morgan fingerprint density at radius 3 is 2.65 bits per heavy atom. The minimum absolute atomic E-state index is 0.334. The van der Waals surface area contributed by atoms with E-state index in [1.165, 1.54) is 6.33 Å². The van der Waals surface area contributed by atoms with Crippen LogP contribution in [0.25, 0.3) is 16.9 Å². The molecular formula is C11H6Cl2N4. The van der Waals surface area contributed by atoms with Crippen molar-refractivity contribution in [1.29, 1.82) is 0 Å². The highest BCUT2D eigenvalue weighted by Crippen LogP contribution is 2.25. The Morgan fingerprint density at radius 1 is 1.00 bits per heavy atom. The van der Waals surface area contributed by atoms with Crippen LogP contribution in [0.15, 0.2) is 36.9 Å². The fraction of sp³-hybridized carbons (Fsp3) is 0. The zero-order valence-corrected chi connectivity index (χ0v) is 10.0. The highest BCUT2D eigenvalue weighted by atomic mass is 35.5. The topological polar surface area (TPSA) is 43.6 Å². The number of benzene rings is 1. The van der Waals surface area contributed by atoms with Crippen molar-refractivity contribution in [3.63, 3.8) is 0 Å². The Labute approximate surface area is 107 Å². The van der Waals surface area contributed by atoms with E-state index in [2.05, 4.69) is 15.0 Å².